The van der Waals surface area contributed by atoms with E-state index >= 15 is 0 Å². The van der Waals surface area contributed by atoms with Crippen molar-refractivity contribution in [2.24, 2.45) is 0 Å². The SMILES string of the molecule is CC1=C(C(=O)Nc2cccnc2)[C@@H](c2cccnc2)n2nc(SCc3ccccc3Cl)nc2N1. The van der Waals surface area contributed by atoms with Gasteiger partial charge < -0.3 is 10.6 Å². The molecule has 1 amide bonds. The van der Waals surface area contributed by atoms with Crippen molar-refractivity contribution in [1.82, 2.24) is 24.7 Å². The highest BCUT2D eigenvalue weighted by Gasteiger charge is 2.34. The lowest BCUT2D eigenvalue weighted by Crippen LogP contribution is -2.31. The van der Waals surface area contributed by atoms with Gasteiger partial charge in [0.05, 0.1) is 17.5 Å². The molecule has 0 bridgehead atoms. The zero-order valence-electron chi connectivity index (χ0n) is 18.1. The average molecular weight is 490 g/mol. The number of anilines is 2. The number of fused-ring (bicyclic) bond motifs is 1. The summed E-state index contributed by atoms with van der Waals surface area (Å²) in [5.41, 5.74) is 3.66. The molecule has 0 saturated heterocycles. The molecule has 5 rings (SSSR count). The van der Waals surface area contributed by atoms with E-state index in [-0.39, 0.29) is 5.91 Å². The Morgan fingerprint density at radius 2 is 1.91 bits per heavy atom. The van der Waals surface area contributed by atoms with Gasteiger partial charge in [-0.15, -0.1) is 5.10 Å². The third kappa shape index (κ3) is 4.52. The van der Waals surface area contributed by atoms with Gasteiger partial charge in [0.1, 0.15) is 6.04 Å². The van der Waals surface area contributed by atoms with Crippen LogP contribution in [0.15, 0.2) is 89.7 Å². The minimum absolute atomic E-state index is 0.252. The summed E-state index contributed by atoms with van der Waals surface area (Å²) < 4.78 is 1.73. The van der Waals surface area contributed by atoms with Gasteiger partial charge in [-0.3, -0.25) is 14.8 Å². The van der Waals surface area contributed by atoms with Crippen LogP contribution in [-0.4, -0.2) is 30.6 Å². The molecule has 4 heterocycles. The molecule has 10 heteroatoms. The number of carbonyl (C=O) groups is 1. The lowest BCUT2D eigenvalue weighted by molar-refractivity contribution is -0.113. The normalized spacial score (nSPS) is 14.9. The Kier molecular flexibility index (Phi) is 6.29. The van der Waals surface area contributed by atoms with Crippen LogP contribution < -0.4 is 10.6 Å². The summed E-state index contributed by atoms with van der Waals surface area (Å²) in [6.07, 6.45) is 6.70. The Labute approximate surface area is 205 Å². The number of nitrogens with zero attached hydrogens (tertiary/aromatic N) is 5. The van der Waals surface area contributed by atoms with Crippen LogP contribution in [0.1, 0.15) is 24.1 Å². The lowest BCUT2D eigenvalue weighted by Gasteiger charge is -2.28. The largest absolute Gasteiger partial charge is 0.328 e. The van der Waals surface area contributed by atoms with E-state index in [1.807, 2.05) is 43.3 Å². The van der Waals surface area contributed by atoms with Gasteiger partial charge in [0.2, 0.25) is 11.1 Å². The minimum atomic E-state index is -0.496. The number of halogens is 1. The quantitative estimate of drug-likeness (QED) is 0.370. The van der Waals surface area contributed by atoms with E-state index < -0.39 is 6.04 Å². The number of benzene rings is 1. The topological polar surface area (TPSA) is 97.6 Å². The summed E-state index contributed by atoms with van der Waals surface area (Å²) in [7, 11) is 0. The van der Waals surface area contributed by atoms with Crippen molar-refractivity contribution in [1.29, 1.82) is 0 Å². The molecule has 0 fully saturated rings. The van der Waals surface area contributed by atoms with E-state index in [4.69, 9.17) is 16.7 Å². The zero-order chi connectivity index (χ0) is 23.5. The first-order valence-corrected chi connectivity index (χ1v) is 11.9. The molecular weight excluding hydrogens is 470 g/mol. The van der Waals surface area contributed by atoms with E-state index in [1.165, 1.54) is 11.8 Å². The molecule has 0 spiro atoms. The van der Waals surface area contributed by atoms with Crippen molar-refractivity contribution >= 4 is 40.9 Å². The fourth-order valence-electron chi connectivity index (χ4n) is 3.73. The van der Waals surface area contributed by atoms with Gasteiger partial charge in [-0.1, -0.05) is 47.6 Å². The smallest absolute Gasteiger partial charge is 0.255 e. The Morgan fingerprint density at radius 3 is 2.65 bits per heavy atom. The van der Waals surface area contributed by atoms with Crippen LogP contribution in [0.4, 0.5) is 11.6 Å². The molecule has 1 atom stereocenters. The summed E-state index contributed by atoms with van der Waals surface area (Å²) in [5.74, 6) is 0.936. The molecule has 1 aliphatic rings. The molecule has 8 nitrogen and oxygen atoms in total. The fourth-order valence-corrected chi connectivity index (χ4v) is 4.84. The number of hydrogen-bond acceptors (Lipinski definition) is 7. The second kappa shape index (κ2) is 9.66. The number of amides is 1. The lowest BCUT2D eigenvalue weighted by atomic mass is 9.96. The summed E-state index contributed by atoms with van der Waals surface area (Å²) in [4.78, 5) is 26.4. The number of thioether (sulfide) groups is 1. The van der Waals surface area contributed by atoms with Crippen molar-refractivity contribution in [3.05, 3.63) is 101 Å². The van der Waals surface area contributed by atoms with Gasteiger partial charge in [0.15, 0.2) is 0 Å². The second-order valence-electron chi connectivity index (χ2n) is 7.59. The molecule has 1 aromatic carbocycles. The highest BCUT2D eigenvalue weighted by molar-refractivity contribution is 7.98. The third-order valence-corrected chi connectivity index (χ3v) is 6.57. The standard InChI is InChI=1S/C24H20ClN7OS/c1-15-20(22(33)29-18-8-5-11-27-13-18)21(16-7-4-10-26-12-16)32-23(28-15)30-24(31-32)34-14-17-6-2-3-9-19(17)25/h2-13,21H,14H2,1H3,(H,29,33)(H,28,30,31)/t21-/m1/s1. The van der Waals surface area contributed by atoms with Crippen LogP contribution in [0.2, 0.25) is 5.02 Å². The Bertz CT molecular complexity index is 1360. The molecule has 4 aromatic rings. The highest BCUT2D eigenvalue weighted by atomic mass is 35.5. The van der Waals surface area contributed by atoms with E-state index in [2.05, 4.69) is 25.6 Å². The van der Waals surface area contributed by atoms with Crippen LogP contribution in [-0.2, 0) is 10.5 Å². The molecule has 0 radical (unpaired) electrons. The number of aromatic nitrogens is 5. The van der Waals surface area contributed by atoms with Gasteiger partial charge in [-0.2, -0.15) is 4.98 Å². The van der Waals surface area contributed by atoms with Crippen molar-refractivity contribution in [2.75, 3.05) is 10.6 Å². The van der Waals surface area contributed by atoms with E-state index in [0.717, 1.165) is 11.1 Å². The molecule has 170 valence electrons. The first-order chi connectivity index (χ1) is 16.6. The minimum Gasteiger partial charge on any atom is -0.328 e. The summed E-state index contributed by atoms with van der Waals surface area (Å²) in [5, 5.41) is 12.2. The van der Waals surface area contributed by atoms with Gasteiger partial charge in [-0.05, 0) is 42.3 Å². The maximum atomic E-state index is 13.4. The van der Waals surface area contributed by atoms with Gasteiger partial charge in [-0.25, -0.2) is 4.68 Å². The number of rotatable bonds is 6. The van der Waals surface area contributed by atoms with Crippen molar-refractivity contribution in [3.63, 3.8) is 0 Å². The summed E-state index contributed by atoms with van der Waals surface area (Å²) in [6.45, 7) is 1.86. The van der Waals surface area contributed by atoms with E-state index in [0.29, 0.717) is 38.8 Å². The van der Waals surface area contributed by atoms with Crippen LogP contribution in [0.25, 0.3) is 0 Å². The van der Waals surface area contributed by atoms with Crippen LogP contribution in [0.5, 0.6) is 0 Å². The van der Waals surface area contributed by atoms with Crippen LogP contribution in [0, 0.1) is 0 Å². The Hall–Kier alpha value is -3.69. The third-order valence-electron chi connectivity index (χ3n) is 5.31. The van der Waals surface area contributed by atoms with Crippen LogP contribution in [0.3, 0.4) is 0 Å². The summed E-state index contributed by atoms with van der Waals surface area (Å²) in [6, 6.07) is 14.5. The highest BCUT2D eigenvalue weighted by Crippen LogP contribution is 2.37. The maximum Gasteiger partial charge on any atom is 0.255 e. The number of allylic oxidation sites excluding steroid dienone is 1. The van der Waals surface area contributed by atoms with Gasteiger partial charge in [0, 0.05) is 35.1 Å². The van der Waals surface area contributed by atoms with Gasteiger partial charge >= 0.3 is 0 Å². The molecule has 3 aromatic heterocycles. The molecule has 0 aliphatic carbocycles. The first-order valence-electron chi connectivity index (χ1n) is 10.5. The monoisotopic (exact) mass is 489 g/mol. The molecule has 1 aliphatic heterocycles. The number of pyridine rings is 2. The Balaban J connectivity index is 1.48. The van der Waals surface area contributed by atoms with E-state index in [9.17, 15) is 4.79 Å². The molecule has 2 N–H and O–H groups in total. The van der Waals surface area contributed by atoms with Crippen LogP contribution >= 0.6 is 23.4 Å². The molecule has 34 heavy (non-hydrogen) atoms. The molecular formula is C24H20ClN7OS. The van der Waals surface area contributed by atoms with Crippen molar-refractivity contribution < 1.29 is 4.79 Å². The first kappa shape index (κ1) is 22.1. The zero-order valence-corrected chi connectivity index (χ0v) is 19.7. The predicted molar refractivity (Wildman–Crippen MR) is 133 cm³/mol. The summed E-state index contributed by atoms with van der Waals surface area (Å²) >= 11 is 7.78. The fraction of sp³-hybridized carbons (Fsp3) is 0.125. The average Bonchev–Trinajstić information content (AvgIpc) is 3.26. The molecule has 0 saturated carbocycles. The molecule has 0 unspecified atom stereocenters. The van der Waals surface area contributed by atoms with E-state index in [1.54, 1.807) is 41.6 Å². The number of carbonyl (C=O) groups excluding carboxylic acids is 1. The van der Waals surface area contributed by atoms with Gasteiger partial charge in [0.25, 0.3) is 5.91 Å². The number of nitrogens with one attached hydrogen (secondary N) is 2. The maximum absolute atomic E-state index is 13.4. The second-order valence-corrected chi connectivity index (χ2v) is 8.94. The predicted octanol–water partition coefficient (Wildman–Crippen LogP) is 4.94. The van der Waals surface area contributed by atoms with Crippen molar-refractivity contribution in [3.8, 4) is 0 Å². The number of hydrogen-bond donors (Lipinski definition) is 2. The Morgan fingerprint density at radius 1 is 1.12 bits per heavy atom. The van der Waals surface area contributed by atoms with Crippen molar-refractivity contribution in [2.45, 2.75) is 23.9 Å².